The van der Waals surface area contributed by atoms with Crippen LogP contribution in [-0.2, 0) is 22.6 Å². The number of hydrogen-bond acceptors (Lipinski definition) is 7. The van der Waals surface area contributed by atoms with Gasteiger partial charge in [-0.25, -0.2) is 9.78 Å². The molecule has 8 heteroatoms. The highest BCUT2D eigenvalue weighted by Gasteiger charge is 2.36. The maximum absolute atomic E-state index is 12.4. The van der Waals surface area contributed by atoms with Gasteiger partial charge in [-0.05, 0) is 30.3 Å². The van der Waals surface area contributed by atoms with Crippen molar-refractivity contribution in [2.24, 2.45) is 0 Å². The minimum absolute atomic E-state index is 0.381. The Labute approximate surface area is 161 Å². The van der Waals surface area contributed by atoms with Crippen molar-refractivity contribution in [2.75, 3.05) is 26.1 Å². The largest absolute Gasteiger partial charge is 0.493 e. The molecule has 8 nitrogen and oxygen atoms in total. The maximum Gasteiger partial charge on any atom is 0.344 e. The highest BCUT2D eigenvalue weighted by molar-refractivity contribution is 5.98. The van der Waals surface area contributed by atoms with Gasteiger partial charge in [0.2, 0.25) is 6.23 Å². The van der Waals surface area contributed by atoms with Gasteiger partial charge in [-0.3, -0.25) is 0 Å². The smallest absolute Gasteiger partial charge is 0.344 e. The van der Waals surface area contributed by atoms with Crippen molar-refractivity contribution in [3.05, 3.63) is 47.3 Å². The van der Waals surface area contributed by atoms with Gasteiger partial charge < -0.3 is 28.8 Å². The third-order valence-electron chi connectivity index (χ3n) is 5.10. The number of carbonyl (C=O) groups excluding carboxylic acids is 1. The summed E-state index contributed by atoms with van der Waals surface area (Å²) >= 11 is 0. The molecule has 28 heavy (non-hydrogen) atoms. The quantitative estimate of drug-likeness (QED) is 0.696. The molecule has 1 atom stereocenters. The van der Waals surface area contributed by atoms with Crippen LogP contribution in [0.15, 0.2) is 30.3 Å². The number of benzene rings is 2. The van der Waals surface area contributed by atoms with Crippen LogP contribution in [0.2, 0.25) is 0 Å². The number of esters is 1. The van der Waals surface area contributed by atoms with E-state index >= 15 is 0 Å². The molecule has 0 unspecified atom stereocenters. The summed E-state index contributed by atoms with van der Waals surface area (Å²) < 4.78 is 23.8. The van der Waals surface area contributed by atoms with Crippen molar-refractivity contribution < 1.29 is 23.7 Å². The molecule has 2 aliphatic rings. The number of cyclic esters (lactones) is 1. The number of ether oxygens (including phenoxy) is 4. The Bertz CT molecular complexity index is 1090. The molecular formula is C20H19N3O5. The van der Waals surface area contributed by atoms with Gasteiger partial charge in [-0.15, -0.1) is 0 Å². The number of imidazole rings is 1. The van der Waals surface area contributed by atoms with Gasteiger partial charge in [0.15, 0.2) is 11.5 Å². The Hall–Kier alpha value is -3.26. The van der Waals surface area contributed by atoms with Gasteiger partial charge in [0, 0.05) is 17.8 Å². The molecule has 2 aliphatic heterocycles. The number of methoxy groups -OCH3 is 2. The van der Waals surface area contributed by atoms with E-state index in [0.717, 1.165) is 29.1 Å². The fraction of sp³-hybridized carbons (Fsp3) is 0.300. The highest BCUT2D eigenvalue weighted by atomic mass is 16.6. The van der Waals surface area contributed by atoms with E-state index in [-0.39, 0.29) is 0 Å². The number of nitrogens with one attached hydrogen (secondary N) is 1. The molecule has 0 aliphatic carbocycles. The zero-order valence-corrected chi connectivity index (χ0v) is 15.5. The summed E-state index contributed by atoms with van der Waals surface area (Å²) in [4.78, 5) is 17.1. The first kappa shape index (κ1) is 16.9. The normalized spacial score (nSPS) is 17.8. The van der Waals surface area contributed by atoms with E-state index in [4.69, 9.17) is 18.9 Å². The summed E-state index contributed by atoms with van der Waals surface area (Å²) in [6, 6.07) is 9.50. The molecule has 3 aromatic rings. The SMILES string of the molecule is COc1ccc2c(c1OC)C(=O)O[C@H]2Nc1ccc2c(c1)nc1n2CCOC1. The van der Waals surface area contributed by atoms with Crippen LogP contribution in [0.5, 0.6) is 11.5 Å². The second kappa shape index (κ2) is 6.42. The number of hydrogen-bond donors (Lipinski definition) is 1. The third kappa shape index (κ3) is 2.49. The first-order chi connectivity index (χ1) is 13.7. The zero-order valence-electron chi connectivity index (χ0n) is 15.5. The number of anilines is 1. The van der Waals surface area contributed by atoms with Crippen LogP contribution < -0.4 is 14.8 Å². The van der Waals surface area contributed by atoms with Crippen LogP contribution in [0.25, 0.3) is 11.0 Å². The predicted octanol–water partition coefficient (Wildman–Crippen LogP) is 2.86. The Kier molecular flexibility index (Phi) is 3.87. The fourth-order valence-electron chi connectivity index (χ4n) is 3.81. The highest BCUT2D eigenvalue weighted by Crippen LogP contribution is 2.42. The fourth-order valence-corrected chi connectivity index (χ4v) is 3.81. The van der Waals surface area contributed by atoms with Gasteiger partial charge in [-0.2, -0.15) is 0 Å². The van der Waals surface area contributed by atoms with Gasteiger partial charge >= 0.3 is 5.97 Å². The molecule has 144 valence electrons. The molecule has 1 aromatic heterocycles. The van der Waals surface area contributed by atoms with Gasteiger partial charge in [0.25, 0.3) is 0 Å². The first-order valence-corrected chi connectivity index (χ1v) is 8.99. The van der Waals surface area contributed by atoms with Crippen LogP contribution >= 0.6 is 0 Å². The molecule has 3 heterocycles. The molecule has 0 spiro atoms. The van der Waals surface area contributed by atoms with Gasteiger partial charge in [-0.1, -0.05) is 0 Å². The summed E-state index contributed by atoms with van der Waals surface area (Å²) in [7, 11) is 3.04. The molecule has 0 radical (unpaired) electrons. The average Bonchev–Trinajstić information content (AvgIpc) is 3.24. The number of fused-ring (bicyclic) bond motifs is 4. The second-order valence-corrected chi connectivity index (χ2v) is 6.63. The Morgan fingerprint density at radius 2 is 2.11 bits per heavy atom. The molecule has 0 amide bonds. The van der Waals surface area contributed by atoms with E-state index in [2.05, 4.69) is 14.9 Å². The maximum atomic E-state index is 12.4. The molecular weight excluding hydrogens is 362 g/mol. The summed E-state index contributed by atoms with van der Waals surface area (Å²) in [5.41, 5.74) is 3.85. The standard InChI is InChI=1S/C20H19N3O5/c1-25-15-6-4-12-17(18(15)26-2)20(24)28-19(12)21-11-3-5-14-13(9-11)22-16-10-27-8-7-23(14)16/h3-6,9,19,21H,7-8,10H2,1-2H3/t19-/m1/s1. The summed E-state index contributed by atoms with van der Waals surface area (Å²) in [5, 5.41) is 3.27. The van der Waals surface area contributed by atoms with Crippen LogP contribution in [0.4, 0.5) is 5.69 Å². The Balaban J connectivity index is 1.49. The van der Waals surface area contributed by atoms with Crippen molar-refractivity contribution in [2.45, 2.75) is 19.4 Å². The number of rotatable bonds is 4. The molecule has 2 aromatic carbocycles. The van der Waals surface area contributed by atoms with Crippen molar-refractivity contribution in [1.29, 1.82) is 0 Å². The molecule has 0 saturated carbocycles. The van der Waals surface area contributed by atoms with Crippen LogP contribution in [0.3, 0.4) is 0 Å². The van der Waals surface area contributed by atoms with Crippen LogP contribution in [0, 0.1) is 0 Å². The summed E-state index contributed by atoms with van der Waals surface area (Å²) in [6.07, 6.45) is -0.611. The lowest BCUT2D eigenvalue weighted by molar-refractivity contribution is 0.0435. The monoisotopic (exact) mass is 381 g/mol. The molecule has 0 bridgehead atoms. The number of carbonyl (C=O) groups is 1. The third-order valence-corrected chi connectivity index (χ3v) is 5.10. The van der Waals surface area contributed by atoms with E-state index in [1.54, 1.807) is 6.07 Å². The van der Waals surface area contributed by atoms with Gasteiger partial charge in [0.1, 0.15) is 18.0 Å². The predicted molar refractivity (Wildman–Crippen MR) is 101 cm³/mol. The minimum atomic E-state index is -0.611. The molecule has 1 N–H and O–H groups in total. The molecule has 0 fully saturated rings. The van der Waals surface area contributed by atoms with Crippen molar-refractivity contribution in [3.8, 4) is 11.5 Å². The lowest BCUT2D eigenvalue weighted by Gasteiger charge is -2.16. The van der Waals surface area contributed by atoms with Crippen LogP contribution in [-0.4, -0.2) is 36.3 Å². The van der Waals surface area contributed by atoms with Crippen molar-refractivity contribution in [3.63, 3.8) is 0 Å². The minimum Gasteiger partial charge on any atom is -0.493 e. The van der Waals surface area contributed by atoms with Gasteiger partial charge in [0.05, 0.1) is 31.9 Å². The van der Waals surface area contributed by atoms with Crippen LogP contribution in [0.1, 0.15) is 28.0 Å². The molecule has 0 saturated heterocycles. The molecule has 5 rings (SSSR count). The zero-order chi connectivity index (χ0) is 19.3. The van der Waals surface area contributed by atoms with E-state index < -0.39 is 12.2 Å². The van der Waals surface area contributed by atoms with E-state index in [1.165, 1.54) is 14.2 Å². The van der Waals surface area contributed by atoms with E-state index in [0.29, 0.717) is 35.8 Å². The second-order valence-electron chi connectivity index (χ2n) is 6.63. The lowest BCUT2D eigenvalue weighted by Crippen LogP contribution is -2.16. The van der Waals surface area contributed by atoms with E-state index in [1.807, 2.05) is 24.3 Å². The van der Waals surface area contributed by atoms with E-state index in [9.17, 15) is 4.79 Å². The van der Waals surface area contributed by atoms with Crippen molar-refractivity contribution >= 4 is 22.7 Å². The summed E-state index contributed by atoms with van der Waals surface area (Å²) in [5.74, 6) is 1.35. The summed E-state index contributed by atoms with van der Waals surface area (Å²) in [6.45, 7) is 2.01. The topological polar surface area (TPSA) is 83.8 Å². The Morgan fingerprint density at radius 3 is 2.93 bits per heavy atom. The lowest BCUT2D eigenvalue weighted by atomic mass is 10.1. The number of nitrogens with zero attached hydrogens (tertiary/aromatic N) is 2. The average molecular weight is 381 g/mol. The number of aromatic nitrogens is 2. The van der Waals surface area contributed by atoms with Crippen molar-refractivity contribution in [1.82, 2.24) is 9.55 Å². The Morgan fingerprint density at radius 1 is 1.21 bits per heavy atom. The first-order valence-electron chi connectivity index (χ1n) is 8.99.